The summed E-state index contributed by atoms with van der Waals surface area (Å²) in [4.78, 5) is 9.95. The van der Waals surface area contributed by atoms with Crippen LogP contribution in [0.2, 0.25) is 0 Å². The fraction of sp³-hybridized carbons (Fsp3) is 0.333. The molecule has 0 amide bonds. The zero-order valence-corrected chi connectivity index (χ0v) is 10.7. The van der Waals surface area contributed by atoms with Crippen molar-refractivity contribution in [2.45, 2.75) is 18.8 Å². The van der Waals surface area contributed by atoms with Crippen LogP contribution in [0.4, 0.5) is 10.1 Å². The lowest BCUT2D eigenvalue weighted by Crippen LogP contribution is -2.33. The van der Waals surface area contributed by atoms with Gasteiger partial charge in [0.2, 0.25) is 0 Å². The van der Waals surface area contributed by atoms with Gasteiger partial charge in [0.25, 0.3) is 0 Å². The Balaban J connectivity index is 1.69. The molecule has 2 aromatic heterocycles. The van der Waals surface area contributed by atoms with Crippen molar-refractivity contribution < 1.29 is 4.39 Å². The van der Waals surface area contributed by atoms with Gasteiger partial charge in [-0.1, -0.05) is 0 Å². The summed E-state index contributed by atoms with van der Waals surface area (Å²) in [5.41, 5.74) is 2.01. The average Bonchev–Trinajstić information content (AvgIpc) is 2.49. The zero-order valence-electron chi connectivity index (χ0n) is 10.7. The van der Waals surface area contributed by atoms with Crippen LogP contribution in [0.25, 0.3) is 0 Å². The highest BCUT2D eigenvalue weighted by Gasteiger charge is 2.22. The fourth-order valence-electron chi connectivity index (χ4n) is 2.71. The predicted octanol–water partition coefficient (Wildman–Crippen LogP) is 3.00. The Morgan fingerprint density at radius 3 is 2.37 bits per heavy atom. The number of hydrogen-bond donors (Lipinski definition) is 0. The Hall–Kier alpha value is -1.97. The number of rotatable bonds is 2. The molecule has 1 aliphatic rings. The summed E-state index contributed by atoms with van der Waals surface area (Å²) >= 11 is 0. The van der Waals surface area contributed by atoms with Crippen molar-refractivity contribution in [1.29, 1.82) is 0 Å². The lowest BCUT2D eigenvalue weighted by atomic mass is 9.90. The first-order chi connectivity index (χ1) is 9.34. The molecule has 3 nitrogen and oxygen atoms in total. The Bertz CT molecular complexity index is 536. The highest BCUT2D eigenvalue weighted by molar-refractivity contribution is 5.46. The van der Waals surface area contributed by atoms with Crippen LogP contribution in [-0.2, 0) is 0 Å². The second kappa shape index (κ2) is 5.34. The minimum absolute atomic E-state index is 0.232. The van der Waals surface area contributed by atoms with Gasteiger partial charge in [-0.2, -0.15) is 0 Å². The van der Waals surface area contributed by atoms with E-state index in [2.05, 4.69) is 27.0 Å². The smallest absolute Gasteiger partial charge is 0.164 e. The van der Waals surface area contributed by atoms with Gasteiger partial charge in [0.05, 0.1) is 11.9 Å². The summed E-state index contributed by atoms with van der Waals surface area (Å²) in [7, 11) is 0. The highest BCUT2D eigenvalue weighted by Crippen LogP contribution is 2.30. The summed E-state index contributed by atoms with van der Waals surface area (Å²) in [5.74, 6) is 0.328. The minimum atomic E-state index is -0.232. The van der Waals surface area contributed by atoms with Crippen LogP contribution in [0.3, 0.4) is 0 Å². The molecule has 3 rings (SSSR count). The van der Waals surface area contributed by atoms with Crippen molar-refractivity contribution in [3.05, 3.63) is 54.4 Å². The molecule has 0 aliphatic carbocycles. The largest absolute Gasteiger partial charge is 0.369 e. The van der Waals surface area contributed by atoms with E-state index in [-0.39, 0.29) is 5.82 Å². The van der Waals surface area contributed by atoms with Crippen LogP contribution < -0.4 is 4.90 Å². The van der Waals surface area contributed by atoms with Gasteiger partial charge in [-0.05, 0) is 42.5 Å². The summed E-state index contributed by atoms with van der Waals surface area (Å²) in [6.45, 7) is 1.77. The molecule has 0 bridgehead atoms. The topological polar surface area (TPSA) is 29.0 Å². The van der Waals surface area contributed by atoms with Crippen LogP contribution in [0.15, 0.2) is 43.0 Å². The van der Waals surface area contributed by atoms with E-state index in [1.54, 1.807) is 12.3 Å². The third kappa shape index (κ3) is 2.57. The van der Waals surface area contributed by atoms with Crippen molar-refractivity contribution >= 4 is 5.69 Å². The molecule has 0 radical (unpaired) electrons. The normalized spacial score (nSPS) is 16.6. The average molecular weight is 257 g/mol. The number of piperidine rings is 1. The fourth-order valence-corrected chi connectivity index (χ4v) is 2.71. The third-order valence-electron chi connectivity index (χ3n) is 3.76. The molecule has 0 saturated carbocycles. The first-order valence-electron chi connectivity index (χ1n) is 6.59. The van der Waals surface area contributed by atoms with Gasteiger partial charge >= 0.3 is 0 Å². The third-order valence-corrected chi connectivity index (χ3v) is 3.76. The number of pyridine rings is 2. The molecule has 0 spiro atoms. The van der Waals surface area contributed by atoms with Crippen molar-refractivity contribution in [2.24, 2.45) is 0 Å². The molecule has 0 atom stereocenters. The molecule has 19 heavy (non-hydrogen) atoms. The maximum absolute atomic E-state index is 13.7. The molecule has 0 unspecified atom stereocenters. The number of anilines is 1. The van der Waals surface area contributed by atoms with Crippen LogP contribution in [-0.4, -0.2) is 23.1 Å². The van der Waals surface area contributed by atoms with Crippen molar-refractivity contribution in [2.75, 3.05) is 18.0 Å². The van der Waals surface area contributed by atoms with Crippen LogP contribution in [0.1, 0.15) is 24.3 Å². The molecule has 3 heterocycles. The lowest BCUT2D eigenvalue weighted by Gasteiger charge is -2.33. The van der Waals surface area contributed by atoms with E-state index < -0.39 is 0 Å². The first-order valence-corrected chi connectivity index (χ1v) is 6.59. The number of hydrogen-bond acceptors (Lipinski definition) is 3. The molecular weight excluding hydrogens is 241 g/mol. The van der Waals surface area contributed by atoms with Crippen LogP contribution >= 0.6 is 0 Å². The molecule has 4 heteroatoms. The van der Waals surface area contributed by atoms with E-state index in [1.165, 1.54) is 11.8 Å². The molecule has 98 valence electrons. The number of halogens is 1. The van der Waals surface area contributed by atoms with Crippen molar-refractivity contribution in [3.63, 3.8) is 0 Å². The summed E-state index contributed by atoms with van der Waals surface area (Å²) < 4.78 is 13.7. The van der Waals surface area contributed by atoms with Crippen LogP contribution in [0, 0.1) is 5.82 Å². The van der Waals surface area contributed by atoms with Crippen molar-refractivity contribution in [1.82, 2.24) is 9.97 Å². The second-order valence-corrected chi connectivity index (χ2v) is 4.87. The van der Waals surface area contributed by atoms with E-state index >= 15 is 0 Å². The SMILES string of the molecule is Fc1cnccc1N1CCC(c2ccncc2)CC1. The van der Waals surface area contributed by atoms with E-state index in [4.69, 9.17) is 0 Å². The maximum atomic E-state index is 13.7. The monoisotopic (exact) mass is 257 g/mol. The Morgan fingerprint density at radius 1 is 1.00 bits per heavy atom. The summed E-state index contributed by atoms with van der Waals surface area (Å²) in [5, 5.41) is 0. The second-order valence-electron chi connectivity index (χ2n) is 4.87. The van der Waals surface area contributed by atoms with Gasteiger partial charge < -0.3 is 4.90 Å². The minimum Gasteiger partial charge on any atom is -0.369 e. The van der Waals surface area contributed by atoms with Gasteiger partial charge in [0.15, 0.2) is 5.82 Å². The predicted molar refractivity (Wildman–Crippen MR) is 72.6 cm³/mol. The van der Waals surface area contributed by atoms with E-state index in [1.807, 2.05) is 12.4 Å². The quantitative estimate of drug-likeness (QED) is 0.828. The van der Waals surface area contributed by atoms with Gasteiger partial charge in [-0.25, -0.2) is 4.39 Å². The maximum Gasteiger partial charge on any atom is 0.164 e. The standard InChI is InChI=1S/C15H16FN3/c16-14-11-18-8-3-15(14)19-9-4-13(5-10-19)12-1-6-17-7-2-12/h1-3,6-8,11,13H,4-5,9-10H2. The van der Waals surface area contributed by atoms with Crippen LogP contribution in [0.5, 0.6) is 0 Å². The highest BCUT2D eigenvalue weighted by atomic mass is 19.1. The van der Waals surface area contributed by atoms with Gasteiger partial charge in [0.1, 0.15) is 0 Å². The number of nitrogens with zero attached hydrogens (tertiary/aromatic N) is 3. The molecule has 1 aliphatic heterocycles. The molecule has 0 N–H and O–H groups in total. The molecule has 1 fully saturated rings. The lowest BCUT2D eigenvalue weighted by molar-refractivity contribution is 0.496. The van der Waals surface area contributed by atoms with E-state index in [9.17, 15) is 4.39 Å². The van der Waals surface area contributed by atoms with E-state index in [0.717, 1.165) is 25.9 Å². The molecule has 1 saturated heterocycles. The van der Waals surface area contributed by atoms with Crippen molar-refractivity contribution in [3.8, 4) is 0 Å². The van der Waals surface area contributed by atoms with E-state index in [0.29, 0.717) is 11.6 Å². The first kappa shape index (κ1) is 12.1. The van der Waals surface area contributed by atoms with Gasteiger partial charge in [-0.3, -0.25) is 9.97 Å². The molecular formula is C15H16FN3. The Labute approximate surface area is 112 Å². The Kier molecular flexibility index (Phi) is 3.40. The molecule has 2 aromatic rings. The zero-order chi connectivity index (χ0) is 13.1. The molecule has 0 aromatic carbocycles. The number of aromatic nitrogens is 2. The Morgan fingerprint density at radius 2 is 1.68 bits per heavy atom. The van der Waals surface area contributed by atoms with Gasteiger partial charge in [-0.15, -0.1) is 0 Å². The summed E-state index contributed by atoms with van der Waals surface area (Å²) in [6.07, 6.45) is 8.70. The summed E-state index contributed by atoms with van der Waals surface area (Å²) in [6, 6.07) is 5.91. The van der Waals surface area contributed by atoms with Gasteiger partial charge in [0, 0.05) is 31.7 Å².